The second kappa shape index (κ2) is 6.17. The van der Waals surface area contributed by atoms with Gasteiger partial charge in [0.2, 0.25) is 0 Å². The molecule has 18 heavy (non-hydrogen) atoms. The molecule has 0 radical (unpaired) electrons. The van der Waals surface area contributed by atoms with Crippen LogP contribution in [0.3, 0.4) is 0 Å². The van der Waals surface area contributed by atoms with E-state index in [0.29, 0.717) is 6.04 Å². The molecule has 0 aliphatic carbocycles. The lowest BCUT2D eigenvalue weighted by Crippen LogP contribution is -2.16. The van der Waals surface area contributed by atoms with Gasteiger partial charge in [0.15, 0.2) is 0 Å². The van der Waals surface area contributed by atoms with E-state index in [1.54, 1.807) is 0 Å². The molecule has 96 valence electrons. The number of halogens is 1. The number of nitrogens with one attached hydrogen (secondary N) is 1. The number of aryl methyl sites for hydroxylation is 1. The molecule has 0 aliphatic rings. The first-order valence-electron chi connectivity index (χ1n) is 6.21. The van der Waals surface area contributed by atoms with Crippen LogP contribution in [-0.2, 0) is 0 Å². The van der Waals surface area contributed by atoms with E-state index in [1.807, 2.05) is 11.3 Å². The average molecular weight is 371 g/mol. The standard InChI is InChI=1S/C15H18INS/c1-4-17-11(3)14-7-8-15(18-14)12-6-5-10(2)13(16)9-12/h5-9,11,17H,4H2,1-3H3. The Hall–Kier alpha value is -0.390. The minimum Gasteiger partial charge on any atom is -0.310 e. The molecule has 1 atom stereocenters. The van der Waals surface area contributed by atoms with E-state index >= 15 is 0 Å². The molecule has 2 rings (SSSR count). The Morgan fingerprint density at radius 2 is 2.06 bits per heavy atom. The van der Waals surface area contributed by atoms with Crippen LogP contribution in [0.1, 0.15) is 30.3 Å². The van der Waals surface area contributed by atoms with Gasteiger partial charge < -0.3 is 5.32 Å². The smallest absolute Gasteiger partial charge is 0.0386 e. The van der Waals surface area contributed by atoms with Crippen LogP contribution in [-0.4, -0.2) is 6.54 Å². The monoisotopic (exact) mass is 371 g/mol. The fourth-order valence-electron chi connectivity index (χ4n) is 1.89. The highest BCUT2D eigenvalue weighted by molar-refractivity contribution is 14.1. The van der Waals surface area contributed by atoms with Crippen LogP contribution in [0.15, 0.2) is 30.3 Å². The van der Waals surface area contributed by atoms with E-state index in [9.17, 15) is 0 Å². The maximum absolute atomic E-state index is 3.46. The molecule has 1 N–H and O–H groups in total. The summed E-state index contributed by atoms with van der Waals surface area (Å²) in [5.41, 5.74) is 2.67. The van der Waals surface area contributed by atoms with Gasteiger partial charge >= 0.3 is 0 Å². The molecule has 0 aliphatic heterocycles. The second-order valence-corrected chi connectivity index (χ2v) is 6.72. The summed E-state index contributed by atoms with van der Waals surface area (Å²) in [6, 6.07) is 11.6. The highest BCUT2D eigenvalue weighted by Crippen LogP contribution is 2.32. The van der Waals surface area contributed by atoms with Gasteiger partial charge in [-0.05, 0) is 72.3 Å². The van der Waals surface area contributed by atoms with Crippen molar-refractivity contribution in [2.45, 2.75) is 26.8 Å². The normalized spacial score (nSPS) is 12.7. The molecule has 1 heterocycles. The molecule has 0 saturated heterocycles. The van der Waals surface area contributed by atoms with Crippen molar-refractivity contribution in [3.8, 4) is 10.4 Å². The van der Waals surface area contributed by atoms with Crippen molar-refractivity contribution in [3.63, 3.8) is 0 Å². The van der Waals surface area contributed by atoms with E-state index in [-0.39, 0.29) is 0 Å². The van der Waals surface area contributed by atoms with Crippen LogP contribution < -0.4 is 5.32 Å². The average Bonchev–Trinajstić information content (AvgIpc) is 2.82. The number of rotatable bonds is 4. The number of hydrogen-bond acceptors (Lipinski definition) is 2. The molecule has 0 fully saturated rings. The van der Waals surface area contributed by atoms with Gasteiger partial charge in [-0.2, -0.15) is 0 Å². The zero-order valence-electron chi connectivity index (χ0n) is 11.0. The molecule has 2 aromatic rings. The van der Waals surface area contributed by atoms with Crippen LogP contribution in [0.4, 0.5) is 0 Å². The van der Waals surface area contributed by atoms with Crippen molar-refractivity contribution >= 4 is 33.9 Å². The van der Waals surface area contributed by atoms with Crippen LogP contribution in [0.25, 0.3) is 10.4 Å². The molecule has 1 aromatic carbocycles. The second-order valence-electron chi connectivity index (χ2n) is 4.45. The van der Waals surface area contributed by atoms with Crippen molar-refractivity contribution < 1.29 is 0 Å². The first-order chi connectivity index (χ1) is 8.61. The topological polar surface area (TPSA) is 12.0 Å². The maximum Gasteiger partial charge on any atom is 0.0386 e. The minimum absolute atomic E-state index is 0.443. The Balaban J connectivity index is 2.26. The summed E-state index contributed by atoms with van der Waals surface area (Å²) in [5.74, 6) is 0. The Morgan fingerprint density at radius 3 is 2.72 bits per heavy atom. The summed E-state index contributed by atoms with van der Waals surface area (Å²) in [6.45, 7) is 7.53. The van der Waals surface area contributed by atoms with Gasteiger partial charge in [-0.3, -0.25) is 0 Å². The highest BCUT2D eigenvalue weighted by atomic mass is 127. The van der Waals surface area contributed by atoms with Gasteiger partial charge in [0, 0.05) is 19.4 Å². The van der Waals surface area contributed by atoms with Gasteiger partial charge in [0.25, 0.3) is 0 Å². The molecule has 3 heteroatoms. The summed E-state index contributed by atoms with van der Waals surface area (Å²) in [6.07, 6.45) is 0. The number of hydrogen-bond donors (Lipinski definition) is 1. The predicted octanol–water partition coefficient (Wildman–Crippen LogP) is 5.00. The first-order valence-corrected chi connectivity index (χ1v) is 8.11. The highest BCUT2D eigenvalue weighted by Gasteiger charge is 2.09. The number of thiophene rings is 1. The van der Waals surface area contributed by atoms with E-state index in [4.69, 9.17) is 0 Å². The maximum atomic E-state index is 3.46. The first kappa shape index (κ1) is 14.0. The molecule has 1 aromatic heterocycles. The molecule has 1 unspecified atom stereocenters. The summed E-state index contributed by atoms with van der Waals surface area (Å²) in [5, 5.41) is 3.46. The lowest BCUT2D eigenvalue weighted by atomic mass is 10.1. The summed E-state index contributed by atoms with van der Waals surface area (Å²) >= 11 is 4.29. The van der Waals surface area contributed by atoms with Crippen molar-refractivity contribution in [2.24, 2.45) is 0 Å². The lowest BCUT2D eigenvalue weighted by Gasteiger charge is -2.09. The molecular weight excluding hydrogens is 353 g/mol. The van der Waals surface area contributed by atoms with Crippen molar-refractivity contribution in [3.05, 3.63) is 44.3 Å². The molecule has 0 bridgehead atoms. The summed E-state index contributed by atoms with van der Waals surface area (Å²) in [7, 11) is 0. The van der Waals surface area contributed by atoms with Crippen molar-refractivity contribution in [1.82, 2.24) is 5.32 Å². The van der Waals surface area contributed by atoms with Crippen LogP contribution in [0.5, 0.6) is 0 Å². The van der Waals surface area contributed by atoms with Gasteiger partial charge in [-0.1, -0.05) is 19.1 Å². The fourth-order valence-corrected chi connectivity index (χ4v) is 3.44. The minimum atomic E-state index is 0.443. The quantitative estimate of drug-likeness (QED) is 0.746. The van der Waals surface area contributed by atoms with E-state index in [1.165, 1.54) is 24.5 Å². The SMILES string of the molecule is CCNC(C)c1ccc(-c2ccc(C)c(I)c2)s1. The summed E-state index contributed by atoms with van der Waals surface area (Å²) < 4.78 is 1.33. The zero-order valence-corrected chi connectivity index (χ0v) is 13.9. The Morgan fingerprint density at radius 1 is 1.28 bits per heavy atom. The van der Waals surface area contributed by atoms with Gasteiger partial charge in [-0.25, -0.2) is 0 Å². The largest absolute Gasteiger partial charge is 0.310 e. The van der Waals surface area contributed by atoms with Crippen molar-refractivity contribution in [2.75, 3.05) is 6.54 Å². The van der Waals surface area contributed by atoms with Gasteiger partial charge in [-0.15, -0.1) is 11.3 Å². The molecular formula is C15H18INS. The van der Waals surface area contributed by atoms with Crippen LogP contribution in [0, 0.1) is 10.5 Å². The van der Waals surface area contributed by atoms with E-state index < -0.39 is 0 Å². The van der Waals surface area contributed by atoms with E-state index in [0.717, 1.165) is 6.54 Å². The Bertz CT molecular complexity index is 533. The molecule has 0 amide bonds. The van der Waals surface area contributed by atoms with Crippen molar-refractivity contribution in [1.29, 1.82) is 0 Å². The Kier molecular flexibility index (Phi) is 4.81. The third-order valence-corrected chi connectivity index (χ3v) is 5.50. The van der Waals surface area contributed by atoms with Gasteiger partial charge in [0.1, 0.15) is 0 Å². The van der Waals surface area contributed by atoms with E-state index in [2.05, 4.69) is 79.0 Å². The molecule has 1 nitrogen and oxygen atoms in total. The predicted molar refractivity (Wildman–Crippen MR) is 89.3 cm³/mol. The summed E-state index contributed by atoms with van der Waals surface area (Å²) in [4.78, 5) is 2.76. The zero-order chi connectivity index (χ0) is 13.1. The third-order valence-electron chi connectivity index (χ3n) is 3.02. The number of benzene rings is 1. The fraction of sp³-hybridized carbons (Fsp3) is 0.333. The molecule has 0 spiro atoms. The third kappa shape index (κ3) is 3.13. The van der Waals surface area contributed by atoms with Crippen LogP contribution in [0.2, 0.25) is 0 Å². The lowest BCUT2D eigenvalue weighted by molar-refractivity contribution is 0.607. The van der Waals surface area contributed by atoms with Gasteiger partial charge in [0.05, 0.1) is 0 Å². The Labute approximate surface area is 127 Å². The molecule has 0 saturated carbocycles. The van der Waals surface area contributed by atoms with Crippen LogP contribution >= 0.6 is 33.9 Å².